The third-order valence-corrected chi connectivity index (χ3v) is 2.87. The molecule has 0 bridgehead atoms. The summed E-state index contributed by atoms with van der Waals surface area (Å²) in [5, 5.41) is 3.11. The van der Waals surface area contributed by atoms with Crippen molar-refractivity contribution < 1.29 is 22.7 Å². The number of rotatable bonds is 5. The Hall–Kier alpha value is -0.860. The molecule has 0 aromatic rings. The van der Waals surface area contributed by atoms with E-state index in [0.29, 0.717) is 19.6 Å². The van der Waals surface area contributed by atoms with Gasteiger partial charge in [0.1, 0.15) is 12.6 Å². The van der Waals surface area contributed by atoms with Crippen LogP contribution in [0.4, 0.5) is 13.2 Å². The van der Waals surface area contributed by atoms with Gasteiger partial charge in [-0.3, -0.25) is 9.69 Å². The van der Waals surface area contributed by atoms with E-state index < -0.39 is 12.8 Å². The molecule has 0 aromatic heterocycles. The van der Waals surface area contributed by atoms with Crippen molar-refractivity contribution in [2.24, 2.45) is 0 Å². The summed E-state index contributed by atoms with van der Waals surface area (Å²) in [5.41, 5.74) is 0. The molecule has 1 aliphatic rings. The summed E-state index contributed by atoms with van der Waals surface area (Å²) in [5.74, 6) is -0.0528. The number of nitrogens with one attached hydrogen (secondary N) is 1. The standard InChI is InChI=1S/C11H20F3N3O2/c1-16(2)10(18)9-7-15-3-4-17(9)5-6-19-8-11(12,13)14/h9,15H,3-8H2,1-2H3. The molecule has 1 rings (SSSR count). The van der Waals surface area contributed by atoms with Crippen molar-refractivity contribution >= 4 is 5.91 Å². The van der Waals surface area contributed by atoms with Crippen LogP contribution in [0.5, 0.6) is 0 Å². The maximum Gasteiger partial charge on any atom is 0.411 e. The van der Waals surface area contributed by atoms with Gasteiger partial charge in [-0.15, -0.1) is 0 Å². The van der Waals surface area contributed by atoms with Crippen LogP contribution >= 0.6 is 0 Å². The van der Waals surface area contributed by atoms with E-state index >= 15 is 0 Å². The number of nitrogens with zero attached hydrogens (tertiary/aromatic N) is 2. The average Bonchev–Trinajstić information content (AvgIpc) is 2.33. The lowest BCUT2D eigenvalue weighted by Gasteiger charge is -2.36. The van der Waals surface area contributed by atoms with Gasteiger partial charge in [-0.2, -0.15) is 13.2 Å². The van der Waals surface area contributed by atoms with Gasteiger partial charge in [-0.25, -0.2) is 0 Å². The summed E-state index contributed by atoms with van der Waals surface area (Å²) in [6.07, 6.45) is -4.30. The molecule has 5 nitrogen and oxygen atoms in total. The van der Waals surface area contributed by atoms with E-state index in [1.165, 1.54) is 4.90 Å². The molecule has 112 valence electrons. The Kier molecular flexibility index (Phi) is 6.02. The predicted molar refractivity (Wildman–Crippen MR) is 63.8 cm³/mol. The molecule has 0 saturated carbocycles. The molecule has 8 heteroatoms. The van der Waals surface area contributed by atoms with Gasteiger partial charge < -0.3 is 15.0 Å². The van der Waals surface area contributed by atoms with Gasteiger partial charge in [-0.05, 0) is 0 Å². The quantitative estimate of drug-likeness (QED) is 0.717. The van der Waals surface area contributed by atoms with Crippen molar-refractivity contribution in [1.82, 2.24) is 15.1 Å². The van der Waals surface area contributed by atoms with Crippen LogP contribution in [-0.2, 0) is 9.53 Å². The lowest BCUT2D eigenvalue weighted by molar-refractivity contribution is -0.175. The van der Waals surface area contributed by atoms with Crippen LogP contribution in [0.1, 0.15) is 0 Å². The molecular formula is C11H20F3N3O2. The Bertz CT molecular complexity index is 297. The molecule has 0 radical (unpaired) electrons. The number of carbonyl (C=O) groups excluding carboxylic acids is 1. The molecule has 1 unspecified atom stereocenters. The first-order chi connectivity index (χ1) is 8.81. The van der Waals surface area contributed by atoms with Crippen molar-refractivity contribution in [2.75, 3.05) is 53.5 Å². The summed E-state index contributed by atoms with van der Waals surface area (Å²) >= 11 is 0. The first-order valence-corrected chi connectivity index (χ1v) is 6.11. The van der Waals surface area contributed by atoms with Crippen LogP contribution in [0.3, 0.4) is 0 Å². The summed E-state index contributed by atoms with van der Waals surface area (Å²) in [7, 11) is 3.32. The van der Waals surface area contributed by atoms with E-state index in [9.17, 15) is 18.0 Å². The maximum atomic E-state index is 11.9. The van der Waals surface area contributed by atoms with Gasteiger partial charge in [0, 0.05) is 40.3 Å². The second-order valence-electron chi connectivity index (χ2n) is 4.66. The van der Waals surface area contributed by atoms with Gasteiger partial charge in [-0.1, -0.05) is 0 Å². The smallest absolute Gasteiger partial charge is 0.371 e. The zero-order valence-corrected chi connectivity index (χ0v) is 11.2. The fourth-order valence-electron chi connectivity index (χ4n) is 1.93. The topological polar surface area (TPSA) is 44.8 Å². The minimum atomic E-state index is -4.30. The first-order valence-electron chi connectivity index (χ1n) is 6.11. The number of likely N-dealkylation sites (N-methyl/N-ethyl adjacent to an activating group) is 1. The Balaban J connectivity index is 2.38. The van der Waals surface area contributed by atoms with Crippen molar-refractivity contribution in [1.29, 1.82) is 0 Å². The molecule has 1 aliphatic heterocycles. The molecule has 1 amide bonds. The van der Waals surface area contributed by atoms with Crippen molar-refractivity contribution in [2.45, 2.75) is 12.2 Å². The highest BCUT2D eigenvalue weighted by molar-refractivity contribution is 5.81. The minimum Gasteiger partial charge on any atom is -0.371 e. The number of hydrogen-bond donors (Lipinski definition) is 1. The van der Waals surface area contributed by atoms with E-state index in [1.54, 1.807) is 14.1 Å². The summed E-state index contributed by atoms with van der Waals surface area (Å²) in [6, 6.07) is -0.335. The Morgan fingerprint density at radius 1 is 1.47 bits per heavy atom. The normalized spacial score (nSPS) is 21.4. The zero-order valence-electron chi connectivity index (χ0n) is 11.2. The summed E-state index contributed by atoms with van der Waals surface area (Å²) in [4.78, 5) is 15.3. The predicted octanol–water partition coefficient (Wildman–Crippen LogP) is -0.0727. The molecule has 0 aromatic carbocycles. The minimum absolute atomic E-state index is 0.0310. The second kappa shape index (κ2) is 7.06. The molecular weight excluding hydrogens is 263 g/mol. The number of carbonyl (C=O) groups is 1. The number of hydrogen-bond acceptors (Lipinski definition) is 4. The highest BCUT2D eigenvalue weighted by Crippen LogP contribution is 2.14. The van der Waals surface area contributed by atoms with E-state index in [0.717, 1.165) is 6.54 Å². The Labute approximate surface area is 110 Å². The van der Waals surface area contributed by atoms with Crippen molar-refractivity contribution in [3.8, 4) is 0 Å². The molecule has 1 saturated heterocycles. The molecule has 1 atom stereocenters. The van der Waals surface area contributed by atoms with E-state index in [-0.39, 0.29) is 18.6 Å². The second-order valence-corrected chi connectivity index (χ2v) is 4.66. The van der Waals surface area contributed by atoms with Crippen molar-refractivity contribution in [3.05, 3.63) is 0 Å². The average molecular weight is 283 g/mol. The monoisotopic (exact) mass is 283 g/mol. The first kappa shape index (κ1) is 16.2. The third-order valence-electron chi connectivity index (χ3n) is 2.87. The fourth-order valence-corrected chi connectivity index (χ4v) is 1.93. The van der Waals surface area contributed by atoms with Gasteiger partial charge in [0.05, 0.1) is 6.61 Å². The third kappa shape index (κ3) is 5.75. The molecule has 1 N–H and O–H groups in total. The maximum absolute atomic E-state index is 11.9. The SMILES string of the molecule is CN(C)C(=O)C1CNCCN1CCOCC(F)(F)F. The van der Waals surface area contributed by atoms with Crippen LogP contribution in [0.2, 0.25) is 0 Å². The number of alkyl halides is 3. The number of halogens is 3. The van der Waals surface area contributed by atoms with Crippen LogP contribution in [0, 0.1) is 0 Å². The highest BCUT2D eigenvalue weighted by Gasteiger charge is 2.30. The zero-order chi connectivity index (χ0) is 14.5. The van der Waals surface area contributed by atoms with Gasteiger partial charge in [0.25, 0.3) is 0 Å². The number of piperazine rings is 1. The largest absolute Gasteiger partial charge is 0.411 e. The molecule has 0 aliphatic carbocycles. The van der Waals surface area contributed by atoms with Crippen LogP contribution in [0.25, 0.3) is 0 Å². The van der Waals surface area contributed by atoms with Crippen LogP contribution < -0.4 is 5.32 Å². The lowest BCUT2D eigenvalue weighted by atomic mass is 10.1. The van der Waals surface area contributed by atoms with Gasteiger partial charge >= 0.3 is 6.18 Å². The van der Waals surface area contributed by atoms with Crippen LogP contribution in [-0.4, -0.2) is 81.4 Å². The van der Waals surface area contributed by atoms with Gasteiger partial charge in [0.15, 0.2) is 0 Å². The fraction of sp³-hybridized carbons (Fsp3) is 0.909. The molecule has 1 heterocycles. The highest BCUT2D eigenvalue weighted by atomic mass is 19.4. The van der Waals surface area contributed by atoms with E-state index in [1.807, 2.05) is 4.90 Å². The molecule has 19 heavy (non-hydrogen) atoms. The van der Waals surface area contributed by atoms with E-state index in [2.05, 4.69) is 10.1 Å². The Morgan fingerprint density at radius 2 is 2.16 bits per heavy atom. The van der Waals surface area contributed by atoms with E-state index in [4.69, 9.17) is 0 Å². The number of amides is 1. The summed E-state index contributed by atoms with van der Waals surface area (Å²) in [6.45, 7) is 0.899. The summed E-state index contributed by atoms with van der Waals surface area (Å²) < 4.78 is 40.3. The van der Waals surface area contributed by atoms with Crippen molar-refractivity contribution in [3.63, 3.8) is 0 Å². The Morgan fingerprint density at radius 3 is 2.74 bits per heavy atom. The molecule has 0 spiro atoms. The van der Waals surface area contributed by atoms with Gasteiger partial charge in [0.2, 0.25) is 5.91 Å². The molecule has 1 fully saturated rings. The van der Waals surface area contributed by atoms with Crippen LogP contribution in [0.15, 0.2) is 0 Å². The lowest BCUT2D eigenvalue weighted by Crippen LogP contribution is -2.58. The number of ether oxygens (including phenoxy) is 1.